The van der Waals surface area contributed by atoms with Crippen molar-refractivity contribution in [2.24, 2.45) is 5.73 Å². The van der Waals surface area contributed by atoms with Gasteiger partial charge < -0.3 is 20.1 Å². The Kier molecular flexibility index (Phi) is 4.48. The number of nitrogens with zero attached hydrogens (tertiary/aromatic N) is 2. The van der Waals surface area contributed by atoms with Crippen molar-refractivity contribution in [3.8, 4) is 17.1 Å². The molecule has 0 saturated heterocycles. The maximum Gasteiger partial charge on any atom is 0.243 e. The smallest absolute Gasteiger partial charge is 0.243 e. The van der Waals surface area contributed by atoms with Crippen LogP contribution in [-0.4, -0.2) is 28.5 Å². The van der Waals surface area contributed by atoms with Crippen LogP contribution in [0.25, 0.3) is 11.4 Å². The standard InChI is InChI=1S/C13H17N3O3/c1-2-18-10-5-3-4-9(8-10)12-15-13(19-16-12)11(14)6-7-17/h3-5,8,11,17H,2,6-7,14H2,1H3. The second-order valence-corrected chi connectivity index (χ2v) is 4.04. The zero-order valence-electron chi connectivity index (χ0n) is 10.7. The summed E-state index contributed by atoms with van der Waals surface area (Å²) in [6.45, 7) is 2.51. The molecule has 0 saturated carbocycles. The minimum Gasteiger partial charge on any atom is -0.494 e. The third-order valence-electron chi connectivity index (χ3n) is 2.60. The van der Waals surface area contributed by atoms with Gasteiger partial charge in [0.2, 0.25) is 11.7 Å². The first kappa shape index (κ1) is 13.5. The summed E-state index contributed by atoms with van der Waals surface area (Å²) in [5, 5.41) is 12.7. The van der Waals surface area contributed by atoms with E-state index < -0.39 is 6.04 Å². The molecule has 6 heteroatoms. The lowest BCUT2D eigenvalue weighted by Crippen LogP contribution is -2.12. The molecule has 0 aliphatic carbocycles. The van der Waals surface area contributed by atoms with E-state index >= 15 is 0 Å². The lowest BCUT2D eigenvalue weighted by Gasteiger charge is -2.03. The number of aromatic nitrogens is 2. The van der Waals surface area contributed by atoms with Gasteiger partial charge in [0.25, 0.3) is 0 Å². The maximum absolute atomic E-state index is 8.83. The van der Waals surface area contributed by atoms with E-state index in [0.717, 1.165) is 11.3 Å². The highest BCUT2D eigenvalue weighted by Gasteiger charge is 2.15. The molecule has 1 unspecified atom stereocenters. The van der Waals surface area contributed by atoms with E-state index in [0.29, 0.717) is 24.7 Å². The van der Waals surface area contributed by atoms with E-state index in [1.165, 1.54) is 0 Å². The summed E-state index contributed by atoms with van der Waals surface area (Å²) in [6.07, 6.45) is 0.390. The molecule has 0 aliphatic heterocycles. The Morgan fingerprint density at radius 2 is 2.32 bits per heavy atom. The van der Waals surface area contributed by atoms with E-state index in [2.05, 4.69) is 10.1 Å². The van der Waals surface area contributed by atoms with Gasteiger partial charge in [-0.25, -0.2) is 0 Å². The Morgan fingerprint density at radius 1 is 1.47 bits per heavy atom. The lowest BCUT2D eigenvalue weighted by atomic mass is 10.2. The summed E-state index contributed by atoms with van der Waals surface area (Å²) in [7, 11) is 0. The topological polar surface area (TPSA) is 94.4 Å². The van der Waals surface area contributed by atoms with Crippen molar-refractivity contribution in [3.05, 3.63) is 30.2 Å². The molecular formula is C13H17N3O3. The van der Waals surface area contributed by atoms with Crippen LogP contribution in [0.3, 0.4) is 0 Å². The van der Waals surface area contributed by atoms with Crippen molar-refractivity contribution < 1.29 is 14.4 Å². The van der Waals surface area contributed by atoms with Crippen molar-refractivity contribution in [2.45, 2.75) is 19.4 Å². The fourth-order valence-electron chi connectivity index (χ4n) is 1.66. The fourth-order valence-corrected chi connectivity index (χ4v) is 1.66. The van der Waals surface area contributed by atoms with Gasteiger partial charge in [0.1, 0.15) is 5.75 Å². The highest BCUT2D eigenvalue weighted by molar-refractivity contribution is 5.56. The zero-order valence-corrected chi connectivity index (χ0v) is 10.7. The average Bonchev–Trinajstić information content (AvgIpc) is 2.89. The number of nitrogens with two attached hydrogens (primary N) is 1. The summed E-state index contributed by atoms with van der Waals surface area (Å²) >= 11 is 0. The number of hydrogen-bond donors (Lipinski definition) is 2. The summed E-state index contributed by atoms with van der Waals surface area (Å²) in [4.78, 5) is 4.23. The Labute approximate surface area is 111 Å². The zero-order chi connectivity index (χ0) is 13.7. The molecule has 2 aromatic rings. The van der Waals surface area contributed by atoms with Crippen molar-refractivity contribution in [3.63, 3.8) is 0 Å². The quantitative estimate of drug-likeness (QED) is 0.820. The molecular weight excluding hydrogens is 246 g/mol. The summed E-state index contributed by atoms with van der Waals surface area (Å²) in [5.41, 5.74) is 6.60. The van der Waals surface area contributed by atoms with E-state index in [4.69, 9.17) is 20.1 Å². The molecule has 0 bridgehead atoms. The number of hydrogen-bond acceptors (Lipinski definition) is 6. The van der Waals surface area contributed by atoms with E-state index in [-0.39, 0.29) is 6.61 Å². The molecule has 0 amide bonds. The van der Waals surface area contributed by atoms with Crippen LogP contribution in [0.1, 0.15) is 25.3 Å². The largest absolute Gasteiger partial charge is 0.494 e. The van der Waals surface area contributed by atoms with Crippen molar-refractivity contribution in [2.75, 3.05) is 13.2 Å². The minimum atomic E-state index is -0.443. The van der Waals surface area contributed by atoms with Gasteiger partial charge >= 0.3 is 0 Å². The molecule has 0 radical (unpaired) electrons. The molecule has 6 nitrogen and oxygen atoms in total. The molecule has 1 heterocycles. The van der Waals surface area contributed by atoms with Crippen LogP contribution in [0.15, 0.2) is 28.8 Å². The van der Waals surface area contributed by atoms with Gasteiger partial charge in [0.05, 0.1) is 12.6 Å². The summed E-state index contributed by atoms with van der Waals surface area (Å²) < 4.78 is 10.5. The molecule has 0 spiro atoms. The molecule has 0 fully saturated rings. The normalized spacial score (nSPS) is 12.4. The predicted octanol–water partition coefficient (Wildman–Crippen LogP) is 1.52. The first-order valence-electron chi connectivity index (χ1n) is 6.18. The Hall–Kier alpha value is -1.92. The first-order valence-corrected chi connectivity index (χ1v) is 6.18. The Bertz CT molecular complexity index is 527. The fraction of sp³-hybridized carbons (Fsp3) is 0.385. The number of ether oxygens (including phenoxy) is 1. The number of aliphatic hydroxyl groups excluding tert-OH is 1. The van der Waals surface area contributed by atoms with Crippen LogP contribution in [-0.2, 0) is 0 Å². The number of aliphatic hydroxyl groups is 1. The first-order chi connectivity index (χ1) is 9.24. The minimum absolute atomic E-state index is 0.0152. The SMILES string of the molecule is CCOc1cccc(-c2noc(C(N)CCO)n2)c1. The number of rotatable bonds is 6. The van der Waals surface area contributed by atoms with Crippen molar-refractivity contribution in [1.29, 1.82) is 0 Å². The molecule has 1 aromatic heterocycles. The predicted molar refractivity (Wildman–Crippen MR) is 69.5 cm³/mol. The highest BCUT2D eigenvalue weighted by Crippen LogP contribution is 2.23. The summed E-state index contributed by atoms with van der Waals surface area (Å²) in [5.74, 6) is 1.54. The third kappa shape index (κ3) is 3.30. The molecule has 102 valence electrons. The molecule has 0 aliphatic rings. The third-order valence-corrected chi connectivity index (χ3v) is 2.60. The molecule has 19 heavy (non-hydrogen) atoms. The van der Waals surface area contributed by atoms with Crippen LogP contribution in [0, 0.1) is 0 Å². The Balaban J connectivity index is 2.20. The van der Waals surface area contributed by atoms with Gasteiger partial charge in [-0.1, -0.05) is 17.3 Å². The van der Waals surface area contributed by atoms with Crippen molar-refractivity contribution >= 4 is 0 Å². The van der Waals surface area contributed by atoms with E-state index in [9.17, 15) is 0 Å². The number of benzene rings is 1. The van der Waals surface area contributed by atoms with Gasteiger partial charge in [-0.15, -0.1) is 0 Å². The highest BCUT2D eigenvalue weighted by atomic mass is 16.5. The van der Waals surface area contributed by atoms with Gasteiger partial charge in [-0.05, 0) is 25.5 Å². The monoisotopic (exact) mass is 263 g/mol. The average molecular weight is 263 g/mol. The maximum atomic E-state index is 8.83. The van der Waals surface area contributed by atoms with Crippen LogP contribution in [0.4, 0.5) is 0 Å². The van der Waals surface area contributed by atoms with Gasteiger partial charge in [0, 0.05) is 12.2 Å². The van der Waals surface area contributed by atoms with Crippen LogP contribution in [0.5, 0.6) is 5.75 Å². The van der Waals surface area contributed by atoms with E-state index in [1.807, 2.05) is 31.2 Å². The van der Waals surface area contributed by atoms with Gasteiger partial charge in [0.15, 0.2) is 0 Å². The molecule has 3 N–H and O–H groups in total. The molecule has 2 rings (SSSR count). The Morgan fingerprint density at radius 3 is 3.05 bits per heavy atom. The lowest BCUT2D eigenvalue weighted by molar-refractivity contribution is 0.259. The van der Waals surface area contributed by atoms with Crippen molar-refractivity contribution in [1.82, 2.24) is 10.1 Å². The van der Waals surface area contributed by atoms with Crippen LogP contribution < -0.4 is 10.5 Å². The molecule has 1 atom stereocenters. The van der Waals surface area contributed by atoms with Crippen LogP contribution in [0.2, 0.25) is 0 Å². The van der Waals surface area contributed by atoms with E-state index in [1.54, 1.807) is 0 Å². The van der Waals surface area contributed by atoms with Gasteiger partial charge in [-0.2, -0.15) is 4.98 Å². The summed E-state index contributed by atoms with van der Waals surface area (Å²) in [6, 6.07) is 7.00. The second-order valence-electron chi connectivity index (χ2n) is 4.04. The van der Waals surface area contributed by atoms with Gasteiger partial charge in [-0.3, -0.25) is 0 Å². The van der Waals surface area contributed by atoms with Crippen LogP contribution >= 0.6 is 0 Å². The second kappa shape index (κ2) is 6.31. The molecule has 1 aromatic carbocycles.